The number of hydrogen-bond donors (Lipinski definition) is 1. The summed E-state index contributed by atoms with van der Waals surface area (Å²) in [4.78, 5) is 12.7. The fourth-order valence-corrected chi connectivity index (χ4v) is 1.09. The molecule has 0 aliphatic heterocycles. The number of carbonyl (C=O) groups excluding carboxylic acids is 1. The zero-order valence-corrected chi connectivity index (χ0v) is 11.1. The molecule has 0 radical (unpaired) electrons. The summed E-state index contributed by atoms with van der Waals surface area (Å²) in [5.41, 5.74) is 4.25. The number of rotatable bonds is 4. The molecule has 0 aliphatic carbocycles. The minimum atomic E-state index is -3.10. The summed E-state index contributed by atoms with van der Waals surface area (Å²) in [5, 5.41) is 0. The van der Waals surface area contributed by atoms with E-state index in [0.717, 1.165) is 4.90 Å². The highest BCUT2D eigenvalue weighted by Crippen LogP contribution is 2.18. The molecule has 0 aliphatic rings. The number of halogens is 2. The van der Waals surface area contributed by atoms with Crippen LogP contribution >= 0.6 is 0 Å². The van der Waals surface area contributed by atoms with Gasteiger partial charge in [0.2, 0.25) is 0 Å². The minimum absolute atomic E-state index is 0.373. The third-order valence-electron chi connectivity index (χ3n) is 1.95. The van der Waals surface area contributed by atoms with Gasteiger partial charge in [-0.1, -0.05) is 0 Å². The lowest BCUT2D eigenvalue weighted by molar-refractivity contribution is -0.0427. The second-order valence-electron chi connectivity index (χ2n) is 5.26. The summed E-state index contributed by atoms with van der Waals surface area (Å²) in [6.45, 7) is 6.83. The summed E-state index contributed by atoms with van der Waals surface area (Å²) in [5.74, 6) is -3.10. The van der Waals surface area contributed by atoms with Crippen LogP contribution in [0.25, 0.3) is 0 Å². The van der Waals surface area contributed by atoms with Crippen LogP contribution in [-0.2, 0) is 4.74 Å². The van der Waals surface area contributed by atoms with Crippen LogP contribution in [0.5, 0.6) is 0 Å². The Labute approximate surface area is 101 Å². The van der Waals surface area contributed by atoms with Crippen molar-refractivity contribution in [2.75, 3.05) is 13.1 Å². The van der Waals surface area contributed by atoms with Gasteiger partial charge in [-0.2, -0.15) is 0 Å². The minimum Gasteiger partial charge on any atom is -0.444 e. The molecule has 0 heterocycles. The molecule has 0 aromatic heterocycles. The van der Waals surface area contributed by atoms with E-state index in [1.54, 1.807) is 34.6 Å². The molecule has 0 aromatic carbocycles. The van der Waals surface area contributed by atoms with Crippen LogP contribution in [0, 0.1) is 0 Å². The molecule has 0 unspecified atom stereocenters. The molecule has 0 fully saturated rings. The lowest BCUT2D eigenvalue weighted by atomic mass is 10.2. The summed E-state index contributed by atoms with van der Waals surface area (Å²) >= 11 is 0. The predicted octanol–water partition coefficient (Wildman–Crippen LogP) is 2.23. The molecule has 102 valence electrons. The quantitative estimate of drug-likeness (QED) is 0.834. The molecule has 0 spiro atoms. The van der Waals surface area contributed by atoms with Crippen LogP contribution in [-0.4, -0.2) is 41.6 Å². The average molecular weight is 252 g/mol. The molecule has 17 heavy (non-hydrogen) atoms. The van der Waals surface area contributed by atoms with Crippen LogP contribution in [0.2, 0.25) is 0 Å². The Kier molecular flexibility index (Phi) is 5.32. The SMILES string of the molecule is CC(C)N(CC(F)(F)CN)C(=O)OC(C)(C)C. The predicted molar refractivity (Wildman–Crippen MR) is 62.1 cm³/mol. The maximum absolute atomic E-state index is 13.2. The van der Waals surface area contributed by atoms with Gasteiger partial charge in [0.05, 0.1) is 13.1 Å². The number of alkyl halides is 2. The summed E-state index contributed by atoms with van der Waals surface area (Å²) < 4.78 is 31.4. The smallest absolute Gasteiger partial charge is 0.410 e. The first kappa shape index (κ1) is 16.1. The topological polar surface area (TPSA) is 55.6 Å². The molecular weight excluding hydrogens is 230 g/mol. The molecular formula is C11H22F2N2O2. The van der Waals surface area contributed by atoms with E-state index < -0.39 is 30.7 Å². The average Bonchev–Trinajstić information content (AvgIpc) is 2.11. The van der Waals surface area contributed by atoms with E-state index in [1.807, 2.05) is 0 Å². The van der Waals surface area contributed by atoms with Gasteiger partial charge in [0.15, 0.2) is 0 Å². The lowest BCUT2D eigenvalue weighted by Gasteiger charge is -2.32. The molecule has 0 bridgehead atoms. The highest BCUT2D eigenvalue weighted by molar-refractivity contribution is 5.68. The molecule has 0 atom stereocenters. The Hall–Kier alpha value is -0.910. The Morgan fingerprint density at radius 1 is 1.35 bits per heavy atom. The van der Waals surface area contributed by atoms with Crippen molar-refractivity contribution in [3.8, 4) is 0 Å². The molecule has 2 N–H and O–H groups in total. The van der Waals surface area contributed by atoms with Crippen LogP contribution in [0.1, 0.15) is 34.6 Å². The number of amides is 1. The van der Waals surface area contributed by atoms with Gasteiger partial charge < -0.3 is 10.5 Å². The highest BCUT2D eigenvalue weighted by Gasteiger charge is 2.35. The van der Waals surface area contributed by atoms with Gasteiger partial charge in [-0.3, -0.25) is 4.90 Å². The zero-order chi connectivity index (χ0) is 13.9. The van der Waals surface area contributed by atoms with Gasteiger partial charge in [-0.05, 0) is 34.6 Å². The maximum Gasteiger partial charge on any atom is 0.410 e. The Morgan fingerprint density at radius 3 is 2.12 bits per heavy atom. The number of nitrogens with two attached hydrogens (primary N) is 1. The number of hydrogen-bond acceptors (Lipinski definition) is 3. The highest BCUT2D eigenvalue weighted by atomic mass is 19.3. The Bertz CT molecular complexity index is 263. The molecule has 4 nitrogen and oxygen atoms in total. The van der Waals surface area contributed by atoms with E-state index in [0.29, 0.717) is 0 Å². The fraction of sp³-hybridized carbons (Fsp3) is 0.909. The third-order valence-corrected chi connectivity index (χ3v) is 1.95. The second kappa shape index (κ2) is 5.62. The van der Waals surface area contributed by atoms with E-state index in [1.165, 1.54) is 0 Å². The number of carbonyl (C=O) groups is 1. The lowest BCUT2D eigenvalue weighted by Crippen LogP contribution is -2.49. The molecule has 0 saturated carbocycles. The van der Waals surface area contributed by atoms with Gasteiger partial charge in [-0.25, -0.2) is 13.6 Å². The van der Waals surface area contributed by atoms with Crippen LogP contribution in [0.3, 0.4) is 0 Å². The van der Waals surface area contributed by atoms with Crippen molar-refractivity contribution in [1.82, 2.24) is 4.90 Å². The molecule has 0 rings (SSSR count). The van der Waals surface area contributed by atoms with Crippen molar-refractivity contribution >= 4 is 6.09 Å². The molecule has 1 amide bonds. The van der Waals surface area contributed by atoms with Gasteiger partial charge >= 0.3 is 6.09 Å². The van der Waals surface area contributed by atoms with E-state index in [9.17, 15) is 13.6 Å². The monoisotopic (exact) mass is 252 g/mol. The fourth-order valence-electron chi connectivity index (χ4n) is 1.09. The van der Waals surface area contributed by atoms with Crippen LogP contribution in [0.4, 0.5) is 13.6 Å². The van der Waals surface area contributed by atoms with Crippen LogP contribution in [0.15, 0.2) is 0 Å². The summed E-state index contributed by atoms with van der Waals surface area (Å²) in [6, 6.07) is -0.373. The molecule has 0 saturated heterocycles. The van der Waals surface area contributed by atoms with Gasteiger partial charge in [0, 0.05) is 6.04 Å². The second-order valence-corrected chi connectivity index (χ2v) is 5.26. The third kappa shape index (κ3) is 6.41. The van der Waals surface area contributed by atoms with Crippen molar-refractivity contribution < 1.29 is 18.3 Å². The van der Waals surface area contributed by atoms with Gasteiger partial charge in [0.25, 0.3) is 5.92 Å². The molecule has 6 heteroatoms. The number of nitrogens with zero attached hydrogens (tertiary/aromatic N) is 1. The summed E-state index contributed by atoms with van der Waals surface area (Å²) in [7, 11) is 0. The standard InChI is InChI=1S/C11H22F2N2O2/c1-8(2)15(7-11(12,13)6-14)9(16)17-10(3,4)5/h8H,6-7,14H2,1-5H3. The normalized spacial score (nSPS) is 12.8. The van der Waals surface area contributed by atoms with Crippen molar-refractivity contribution in [3.63, 3.8) is 0 Å². The Morgan fingerprint density at radius 2 is 1.82 bits per heavy atom. The van der Waals surface area contributed by atoms with E-state index in [-0.39, 0.29) is 6.04 Å². The molecule has 0 aromatic rings. The van der Waals surface area contributed by atoms with Crippen molar-refractivity contribution in [3.05, 3.63) is 0 Å². The first-order valence-corrected chi connectivity index (χ1v) is 5.56. The summed E-state index contributed by atoms with van der Waals surface area (Å²) in [6.07, 6.45) is -0.749. The first-order valence-electron chi connectivity index (χ1n) is 5.56. The van der Waals surface area contributed by atoms with E-state index in [4.69, 9.17) is 10.5 Å². The van der Waals surface area contributed by atoms with Crippen molar-refractivity contribution in [2.24, 2.45) is 5.73 Å². The maximum atomic E-state index is 13.2. The van der Waals surface area contributed by atoms with Gasteiger partial charge in [0.1, 0.15) is 5.60 Å². The number of ether oxygens (including phenoxy) is 1. The first-order chi connectivity index (χ1) is 7.48. The van der Waals surface area contributed by atoms with Crippen molar-refractivity contribution in [2.45, 2.75) is 52.2 Å². The zero-order valence-electron chi connectivity index (χ0n) is 11.1. The van der Waals surface area contributed by atoms with E-state index in [2.05, 4.69) is 0 Å². The van der Waals surface area contributed by atoms with Crippen molar-refractivity contribution in [1.29, 1.82) is 0 Å². The van der Waals surface area contributed by atoms with Gasteiger partial charge in [-0.15, -0.1) is 0 Å². The Balaban J connectivity index is 4.70. The largest absolute Gasteiger partial charge is 0.444 e. The van der Waals surface area contributed by atoms with E-state index >= 15 is 0 Å². The van der Waals surface area contributed by atoms with Crippen LogP contribution < -0.4 is 5.73 Å².